The van der Waals surface area contributed by atoms with E-state index in [1.165, 1.54) is 0 Å². The summed E-state index contributed by atoms with van der Waals surface area (Å²) in [6, 6.07) is 7.56. The van der Waals surface area contributed by atoms with Crippen LogP contribution in [0, 0.1) is 5.41 Å². The molecule has 1 aromatic rings. The lowest BCUT2D eigenvalue weighted by Crippen LogP contribution is -2.15. The topological polar surface area (TPSA) is 20.2 Å². The van der Waals surface area contributed by atoms with Gasteiger partial charge >= 0.3 is 0 Å². The number of para-hydroxylation sites is 1. The third kappa shape index (κ3) is 2.24. The molecule has 0 fully saturated rings. The van der Waals surface area contributed by atoms with Gasteiger partial charge in [-0.2, -0.15) is 0 Å². The summed E-state index contributed by atoms with van der Waals surface area (Å²) >= 11 is 0. The van der Waals surface area contributed by atoms with Crippen LogP contribution in [0.25, 0.3) is 0 Å². The Morgan fingerprint density at radius 2 is 1.69 bits per heavy atom. The van der Waals surface area contributed by atoms with Crippen molar-refractivity contribution in [1.29, 1.82) is 0 Å². The third-order valence-corrected chi connectivity index (χ3v) is 2.70. The van der Waals surface area contributed by atoms with Gasteiger partial charge in [0, 0.05) is 0 Å². The van der Waals surface area contributed by atoms with Crippen LogP contribution in [0.3, 0.4) is 0 Å². The Kier molecular flexibility index (Phi) is 2.65. The Morgan fingerprint density at radius 3 is 2.15 bits per heavy atom. The molecule has 1 N–H and O–H groups in total. The van der Waals surface area contributed by atoms with Crippen LogP contribution in [0.1, 0.15) is 39.2 Å². The molecule has 13 heavy (non-hydrogen) atoms. The van der Waals surface area contributed by atoms with Gasteiger partial charge in [0.2, 0.25) is 0 Å². The summed E-state index contributed by atoms with van der Waals surface area (Å²) in [6.07, 6.45) is 0. The summed E-state index contributed by atoms with van der Waals surface area (Å²) in [6.45, 7) is 8.70. The molecule has 1 unspecified atom stereocenters. The van der Waals surface area contributed by atoms with E-state index in [-0.39, 0.29) is 5.41 Å². The van der Waals surface area contributed by atoms with Gasteiger partial charge in [0.25, 0.3) is 0 Å². The molecular weight excluding hydrogens is 160 g/mol. The molecular formula is C12H18O. The second-order valence-corrected chi connectivity index (χ2v) is 4.65. The molecule has 0 amide bonds. The summed E-state index contributed by atoms with van der Waals surface area (Å²) in [5.74, 6) is 0.777. The van der Waals surface area contributed by atoms with E-state index in [2.05, 4.69) is 27.7 Å². The van der Waals surface area contributed by atoms with Gasteiger partial charge in [-0.25, -0.2) is 0 Å². The second-order valence-electron chi connectivity index (χ2n) is 4.65. The van der Waals surface area contributed by atoms with E-state index in [0.717, 1.165) is 5.56 Å². The zero-order valence-electron chi connectivity index (χ0n) is 8.83. The highest BCUT2D eigenvalue weighted by atomic mass is 16.3. The zero-order chi connectivity index (χ0) is 10.1. The molecule has 0 radical (unpaired) electrons. The highest BCUT2D eigenvalue weighted by Crippen LogP contribution is 2.38. The Bertz CT molecular complexity index is 283. The fourth-order valence-electron chi connectivity index (χ4n) is 1.32. The molecule has 1 rings (SSSR count). The first-order chi connectivity index (χ1) is 5.93. The minimum atomic E-state index is 0.193. The lowest BCUT2D eigenvalue weighted by Gasteiger charge is -2.28. The number of hydrogen-bond donors (Lipinski definition) is 1. The molecule has 0 bridgehead atoms. The lowest BCUT2D eigenvalue weighted by atomic mass is 9.77. The summed E-state index contributed by atoms with van der Waals surface area (Å²) in [5, 5.41) is 9.64. The summed E-state index contributed by atoms with van der Waals surface area (Å²) < 4.78 is 0. The number of aromatic hydroxyl groups is 1. The fourth-order valence-corrected chi connectivity index (χ4v) is 1.32. The fraction of sp³-hybridized carbons (Fsp3) is 0.500. The average molecular weight is 178 g/mol. The van der Waals surface area contributed by atoms with Crippen LogP contribution < -0.4 is 0 Å². The van der Waals surface area contributed by atoms with E-state index in [0.29, 0.717) is 11.7 Å². The van der Waals surface area contributed by atoms with Crippen molar-refractivity contribution in [3.05, 3.63) is 29.8 Å². The third-order valence-electron chi connectivity index (χ3n) is 2.70. The predicted molar refractivity (Wildman–Crippen MR) is 56.0 cm³/mol. The number of phenolic OH excluding ortho intramolecular Hbond substituents is 1. The molecule has 72 valence electrons. The van der Waals surface area contributed by atoms with Crippen LogP contribution in [-0.2, 0) is 0 Å². The first-order valence-electron chi connectivity index (χ1n) is 4.71. The predicted octanol–water partition coefficient (Wildman–Crippen LogP) is 3.54. The van der Waals surface area contributed by atoms with Gasteiger partial charge in [-0.05, 0) is 23.0 Å². The van der Waals surface area contributed by atoms with E-state index in [1.807, 2.05) is 18.2 Å². The highest BCUT2D eigenvalue weighted by molar-refractivity contribution is 5.35. The van der Waals surface area contributed by atoms with Gasteiger partial charge in [-0.1, -0.05) is 45.9 Å². The molecule has 0 aromatic heterocycles. The molecule has 0 aliphatic heterocycles. The summed E-state index contributed by atoms with van der Waals surface area (Å²) in [5.41, 5.74) is 1.23. The van der Waals surface area contributed by atoms with Crippen molar-refractivity contribution in [3.8, 4) is 5.75 Å². The molecule has 1 heteroatoms. The van der Waals surface area contributed by atoms with Crippen LogP contribution in [0.5, 0.6) is 5.75 Å². The average Bonchev–Trinajstić information content (AvgIpc) is 2.02. The largest absolute Gasteiger partial charge is 0.508 e. The maximum absolute atomic E-state index is 9.64. The number of hydrogen-bond acceptors (Lipinski definition) is 1. The molecule has 0 spiro atoms. The quantitative estimate of drug-likeness (QED) is 0.697. The van der Waals surface area contributed by atoms with Crippen molar-refractivity contribution >= 4 is 0 Å². The smallest absolute Gasteiger partial charge is 0.119 e. The highest BCUT2D eigenvalue weighted by Gasteiger charge is 2.23. The van der Waals surface area contributed by atoms with Gasteiger partial charge in [-0.3, -0.25) is 0 Å². The molecule has 0 saturated heterocycles. The normalized spacial score (nSPS) is 14.2. The SMILES string of the molecule is CC(c1ccccc1O)C(C)(C)C. The minimum Gasteiger partial charge on any atom is -0.508 e. The Morgan fingerprint density at radius 1 is 1.15 bits per heavy atom. The van der Waals surface area contributed by atoms with Crippen molar-refractivity contribution in [1.82, 2.24) is 0 Å². The molecule has 0 heterocycles. The van der Waals surface area contributed by atoms with Crippen LogP contribution in [0.2, 0.25) is 0 Å². The minimum absolute atomic E-state index is 0.193. The standard InChI is InChI=1S/C12H18O/c1-9(12(2,3)4)10-7-5-6-8-11(10)13/h5-9,13H,1-4H3. The van der Waals surface area contributed by atoms with E-state index in [9.17, 15) is 5.11 Å². The molecule has 0 aliphatic carbocycles. The van der Waals surface area contributed by atoms with Crippen LogP contribution in [0.15, 0.2) is 24.3 Å². The van der Waals surface area contributed by atoms with Crippen molar-refractivity contribution in [2.75, 3.05) is 0 Å². The Balaban J connectivity index is 3.02. The summed E-state index contributed by atoms with van der Waals surface area (Å²) in [4.78, 5) is 0. The second kappa shape index (κ2) is 3.41. The number of benzene rings is 1. The van der Waals surface area contributed by atoms with E-state index in [4.69, 9.17) is 0 Å². The van der Waals surface area contributed by atoms with E-state index in [1.54, 1.807) is 6.07 Å². The zero-order valence-corrected chi connectivity index (χ0v) is 8.83. The maximum Gasteiger partial charge on any atom is 0.119 e. The molecule has 0 saturated carbocycles. The van der Waals surface area contributed by atoms with Crippen molar-refractivity contribution in [2.45, 2.75) is 33.6 Å². The van der Waals surface area contributed by atoms with E-state index >= 15 is 0 Å². The molecule has 0 aliphatic rings. The van der Waals surface area contributed by atoms with Crippen LogP contribution >= 0.6 is 0 Å². The molecule has 1 aromatic carbocycles. The van der Waals surface area contributed by atoms with Gasteiger partial charge in [0.1, 0.15) is 5.75 Å². The monoisotopic (exact) mass is 178 g/mol. The van der Waals surface area contributed by atoms with Crippen molar-refractivity contribution < 1.29 is 5.11 Å². The van der Waals surface area contributed by atoms with Gasteiger partial charge in [0.05, 0.1) is 0 Å². The Hall–Kier alpha value is -0.980. The van der Waals surface area contributed by atoms with Crippen molar-refractivity contribution in [2.24, 2.45) is 5.41 Å². The van der Waals surface area contributed by atoms with Gasteiger partial charge in [0.15, 0.2) is 0 Å². The van der Waals surface area contributed by atoms with Gasteiger partial charge in [-0.15, -0.1) is 0 Å². The van der Waals surface area contributed by atoms with E-state index < -0.39 is 0 Å². The maximum atomic E-state index is 9.64. The molecule has 1 nitrogen and oxygen atoms in total. The Labute approximate surface area is 80.4 Å². The lowest BCUT2D eigenvalue weighted by molar-refractivity contribution is 0.329. The van der Waals surface area contributed by atoms with Gasteiger partial charge < -0.3 is 5.11 Å². The number of phenols is 1. The molecule has 1 atom stereocenters. The van der Waals surface area contributed by atoms with Crippen molar-refractivity contribution in [3.63, 3.8) is 0 Å². The summed E-state index contributed by atoms with van der Waals surface area (Å²) in [7, 11) is 0. The first kappa shape index (κ1) is 10.1. The first-order valence-corrected chi connectivity index (χ1v) is 4.71. The number of rotatable bonds is 1. The van der Waals surface area contributed by atoms with Crippen LogP contribution in [0.4, 0.5) is 0 Å². The van der Waals surface area contributed by atoms with Crippen LogP contribution in [-0.4, -0.2) is 5.11 Å².